The topological polar surface area (TPSA) is 15.3 Å². The van der Waals surface area contributed by atoms with Crippen molar-refractivity contribution >= 4 is 17.3 Å². The van der Waals surface area contributed by atoms with Crippen molar-refractivity contribution in [3.63, 3.8) is 0 Å². The van der Waals surface area contributed by atoms with Gasteiger partial charge in [-0.15, -0.1) is 0 Å². The fraction of sp³-hybridized carbons (Fsp3) is 0.625. The van der Waals surface area contributed by atoms with Crippen LogP contribution in [0.2, 0.25) is 5.02 Å². The van der Waals surface area contributed by atoms with Crippen molar-refractivity contribution in [2.24, 2.45) is 5.92 Å². The molecule has 2 unspecified atom stereocenters. The van der Waals surface area contributed by atoms with Crippen molar-refractivity contribution in [2.75, 3.05) is 25.0 Å². The number of halogens is 1. The predicted molar refractivity (Wildman–Crippen MR) is 84.0 cm³/mol. The summed E-state index contributed by atoms with van der Waals surface area (Å²) in [6.45, 7) is 8.25. The zero-order valence-corrected chi connectivity index (χ0v) is 12.8. The van der Waals surface area contributed by atoms with E-state index >= 15 is 0 Å². The van der Waals surface area contributed by atoms with E-state index in [1.165, 1.54) is 38.9 Å². The van der Waals surface area contributed by atoms with Gasteiger partial charge in [-0.25, -0.2) is 0 Å². The van der Waals surface area contributed by atoms with Gasteiger partial charge in [-0.05, 0) is 57.3 Å². The molecular formula is C16H25ClN2. The number of nitrogens with one attached hydrogen (secondary N) is 1. The molecule has 1 fully saturated rings. The smallest absolute Gasteiger partial charge is 0.0637 e. The number of nitrogens with zero attached hydrogens (tertiary/aromatic N) is 1. The Bertz CT molecular complexity index is 392. The van der Waals surface area contributed by atoms with Crippen molar-refractivity contribution < 1.29 is 0 Å². The molecule has 0 spiro atoms. The molecule has 0 aliphatic carbocycles. The summed E-state index contributed by atoms with van der Waals surface area (Å²) in [5, 5.41) is 4.40. The number of likely N-dealkylation sites (tertiary alicyclic amines) is 1. The van der Waals surface area contributed by atoms with Crippen LogP contribution in [0.5, 0.6) is 0 Å². The summed E-state index contributed by atoms with van der Waals surface area (Å²) in [5.74, 6) is 0.719. The first-order chi connectivity index (χ1) is 9.20. The molecule has 1 aliphatic rings. The second-order valence-electron chi connectivity index (χ2n) is 5.62. The van der Waals surface area contributed by atoms with Crippen molar-refractivity contribution in [3.05, 3.63) is 29.3 Å². The summed E-state index contributed by atoms with van der Waals surface area (Å²) in [6.07, 6.45) is 3.89. The molecule has 106 valence electrons. The maximum Gasteiger partial charge on any atom is 0.0637 e. The summed E-state index contributed by atoms with van der Waals surface area (Å²) in [4.78, 5) is 2.60. The van der Waals surface area contributed by atoms with E-state index in [1.807, 2.05) is 18.2 Å². The van der Waals surface area contributed by atoms with Gasteiger partial charge in [-0.2, -0.15) is 0 Å². The van der Waals surface area contributed by atoms with E-state index < -0.39 is 0 Å². The molecule has 0 amide bonds. The number of rotatable bonds is 5. The second kappa shape index (κ2) is 7.16. The Labute approximate surface area is 122 Å². The third-order valence-corrected chi connectivity index (χ3v) is 4.38. The Morgan fingerprint density at radius 3 is 2.95 bits per heavy atom. The van der Waals surface area contributed by atoms with Crippen LogP contribution in [0.4, 0.5) is 5.69 Å². The first-order valence-corrected chi connectivity index (χ1v) is 7.82. The van der Waals surface area contributed by atoms with Gasteiger partial charge in [0.2, 0.25) is 0 Å². The minimum Gasteiger partial charge on any atom is -0.381 e. The molecule has 0 aromatic heterocycles. The summed E-state index contributed by atoms with van der Waals surface area (Å²) >= 11 is 6.21. The quantitative estimate of drug-likeness (QED) is 0.867. The molecule has 1 aliphatic heterocycles. The number of hydrogen-bond acceptors (Lipinski definition) is 2. The number of benzene rings is 1. The van der Waals surface area contributed by atoms with E-state index in [-0.39, 0.29) is 0 Å². The van der Waals surface area contributed by atoms with Crippen LogP contribution in [0.15, 0.2) is 24.3 Å². The van der Waals surface area contributed by atoms with Crippen LogP contribution < -0.4 is 5.32 Å². The molecule has 0 saturated carbocycles. The van der Waals surface area contributed by atoms with Gasteiger partial charge in [-0.1, -0.05) is 30.7 Å². The summed E-state index contributed by atoms with van der Waals surface area (Å²) in [7, 11) is 0. The van der Waals surface area contributed by atoms with Crippen LogP contribution in [-0.4, -0.2) is 30.6 Å². The number of piperidine rings is 1. The SMILES string of the molecule is CCCN1CCCC(C(C)Nc2ccccc2Cl)C1. The largest absolute Gasteiger partial charge is 0.381 e. The van der Waals surface area contributed by atoms with E-state index in [4.69, 9.17) is 11.6 Å². The molecular weight excluding hydrogens is 256 g/mol. The molecule has 2 atom stereocenters. The van der Waals surface area contributed by atoms with Crippen LogP contribution in [0.25, 0.3) is 0 Å². The first kappa shape index (κ1) is 14.7. The van der Waals surface area contributed by atoms with Gasteiger partial charge in [0, 0.05) is 12.6 Å². The highest BCUT2D eigenvalue weighted by molar-refractivity contribution is 6.33. The standard InChI is InChI=1S/C16H25ClN2/c1-3-10-19-11-6-7-14(12-19)13(2)18-16-9-5-4-8-15(16)17/h4-5,8-9,13-14,18H,3,6-7,10-12H2,1-2H3. The van der Waals surface area contributed by atoms with Crippen molar-refractivity contribution in [1.82, 2.24) is 4.90 Å². The maximum atomic E-state index is 6.21. The molecule has 1 heterocycles. The lowest BCUT2D eigenvalue weighted by molar-refractivity contribution is 0.165. The fourth-order valence-electron chi connectivity index (χ4n) is 2.96. The van der Waals surface area contributed by atoms with E-state index in [2.05, 4.69) is 30.1 Å². The average Bonchev–Trinajstić information content (AvgIpc) is 2.42. The number of para-hydroxylation sites is 1. The predicted octanol–water partition coefficient (Wildman–Crippen LogP) is 4.26. The zero-order chi connectivity index (χ0) is 13.7. The van der Waals surface area contributed by atoms with Gasteiger partial charge >= 0.3 is 0 Å². The highest BCUT2D eigenvalue weighted by Crippen LogP contribution is 2.26. The monoisotopic (exact) mass is 280 g/mol. The molecule has 2 rings (SSSR count). The van der Waals surface area contributed by atoms with Gasteiger partial charge in [0.1, 0.15) is 0 Å². The van der Waals surface area contributed by atoms with Crippen molar-refractivity contribution in [3.8, 4) is 0 Å². The summed E-state index contributed by atoms with van der Waals surface area (Å²) in [6, 6.07) is 8.49. The lowest BCUT2D eigenvalue weighted by Crippen LogP contribution is -2.42. The highest BCUT2D eigenvalue weighted by Gasteiger charge is 2.24. The van der Waals surface area contributed by atoms with Gasteiger partial charge in [0.15, 0.2) is 0 Å². The normalized spacial score (nSPS) is 22.2. The Kier molecular flexibility index (Phi) is 5.53. The molecule has 1 aromatic rings. The average molecular weight is 281 g/mol. The minimum absolute atomic E-state index is 0.472. The third-order valence-electron chi connectivity index (χ3n) is 4.05. The van der Waals surface area contributed by atoms with E-state index in [1.54, 1.807) is 0 Å². The van der Waals surface area contributed by atoms with E-state index in [0.29, 0.717) is 6.04 Å². The van der Waals surface area contributed by atoms with Crippen LogP contribution in [0.1, 0.15) is 33.1 Å². The fourth-order valence-corrected chi connectivity index (χ4v) is 3.15. The molecule has 1 saturated heterocycles. The Morgan fingerprint density at radius 2 is 2.21 bits per heavy atom. The second-order valence-corrected chi connectivity index (χ2v) is 6.02. The summed E-state index contributed by atoms with van der Waals surface area (Å²) < 4.78 is 0. The molecule has 0 radical (unpaired) electrons. The first-order valence-electron chi connectivity index (χ1n) is 7.44. The molecule has 2 nitrogen and oxygen atoms in total. The van der Waals surface area contributed by atoms with E-state index in [9.17, 15) is 0 Å². The molecule has 1 N–H and O–H groups in total. The van der Waals surface area contributed by atoms with Gasteiger partial charge in [0.25, 0.3) is 0 Å². The Hall–Kier alpha value is -0.730. The van der Waals surface area contributed by atoms with Gasteiger partial charge in [0.05, 0.1) is 10.7 Å². The Morgan fingerprint density at radius 1 is 1.42 bits per heavy atom. The maximum absolute atomic E-state index is 6.21. The molecule has 3 heteroatoms. The third kappa shape index (κ3) is 4.12. The van der Waals surface area contributed by atoms with Gasteiger partial charge in [-0.3, -0.25) is 0 Å². The lowest BCUT2D eigenvalue weighted by atomic mass is 9.91. The number of anilines is 1. The van der Waals surface area contributed by atoms with E-state index in [0.717, 1.165) is 16.6 Å². The minimum atomic E-state index is 0.472. The molecule has 1 aromatic carbocycles. The number of hydrogen-bond donors (Lipinski definition) is 1. The molecule has 19 heavy (non-hydrogen) atoms. The van der Waals surface area contributed by atoms with Crippen LogP contribution in [0.3, 0.4) is 0 Å². The zero-order valence-electron chi connectivity index (χ0n) is 12.0. The van der Waals surface area contributed by atoms with Crippen molar-refractivity contribution in [1.29, 1.82) is 0 Å². The lowest BCUT2D eigenvalue weighted by Gasteiger charge is -2.36. The Balaban J connectivity index is 1.92. The van der Waals surface area contributed by atoms with Crippen LogP contribution >= 0.6 is 11.6 Å². The van der Waals surface area contributed by atoms with Crippen molar-refractivity contribution in [2.45, 2.75) is 39.2 Å². The van der Waals surface area contributed by atoms with Crippen LogP contribution in [0, 0.1) is 5.92 Å². The highest BCUT2D eigenvalue weighted by atomic mass is 35.5. The van der Waals surface area contributed by atoms with Gasteiger partial charge < -0.3 is 10.2 Å². The molecule has 0 bridgehead atoms. The summed E-state index contributed by atoms with van der Waals surface area (Å²) in [5.41, 5.74) is 1.06. The van der Waals surface area contributed by atoms with Crippen LogP contribution in [-0.2, 0) is 0 Å².